The Bertz CT molecular complexity index is 991. The first kappa shape index (κ1) is 21.4. The van der Waals surface area contributed by atoms with Crippen LogP contribution in [0.25, 0.3) is 0 Å². The summed E-state index contributed by atoms with van der Waals surface area (Å²) < 4.78 is 0. The van der Waals surface area contributed by atoms with Gasteiger partial charge in [0.1, 0.15) is 0 Å². The van der Waals surface area contributed by atoms with Crippen molar-refractivity contribution in [3.8, 4) is 0 Å². The fourth-order valence-corrected chi connectivity index (χ4v) is 5.19. The number of benzene rings is 2. The van der Waals surface area contributed by atoms with Crippen LogP contribution < -0.4 is 5.32 Å². The Labute approximate surface area is 189 Å². The molecule has 0 bridgehead atoms. The highest BCUT2D eigenvalue weighted by Gasteiger charge is 2.27. The third kappa shape index (κ3) is 4.16. The molecule has 0 atom stereocenters. The maximum atomic E-state index is 6.05. The average molecular weight is 472 g/mol. The molecule has 0 aromatic heterocycles. The molecule has 0 saturated heterocycles. The molecule has 3 aliphatic heterocycles. The minimum absolute atomic E-state index is 0. The zero-order valence-electron chi connectivity index (χ0n) is 14.6. The Morgan fingerprint density at radius 2 is 2.00 bits per heavy atom. The molecule has 1 N–H and O–H groups in total. The molecule has 9 heteroatoms. The molecule has 146 valence electrons. The number of amidine groups is 2. The first-order valence-electron chi connectivity index (χ1n) is 8.29. The fourth-order valence-electron chi connectivity index (χ4n) is 3.12. The van der Waals surface area contributed by atoms with E-state index in [2.05, 4.69) is 38.8 Å². The van der Waals surface area contributed by atoms with Crippen molar-refractivity contribution in [2.75, 3.05) is 11.1 Å². The van der Waals surface area contributed by atoms with Crippen LogP contribution in [-0.4, -0.2) is 21.0 Å². The lowest BCUT2D eigenvalue weighted by molar-refractivity contribution is 0.519. The zero-order chi connectivity index (χ0) is 17.5. The smallest absolute Gasteiger partial charge is 0.173 e. The second kappa shape index (κ2) is 9.01. The Balaban J connectivity index is 0.00000112. The van der Waals surface area contributed by atoms with Gasteiger partial charge in [0.05, 0.1) is 18.8 Å². The molecule has 28 heavy (non-hydrogen) atoms. The van der Waals surface area contributed by atoms with Crippen molar-refractivity contribution in [1.29, 1.82) is 0 Å². The molecule has 0 amide bonds. The highest BCUT2D eigenvalue weighted by Crippen LogP contribution is 2.38. The number of thioether (sulfide) groups is 2. The van der Waals surface area contributed by atoms with Crippen molar-refractivity contribution in [2.45, 2.75) is 13.1 Å². The van der Waals surface area contributed by atoms with E-state index in [4.69, 9.17) is 16.6 Å². The Kier molecular flexibility index (Phi) is 6.89. The summed E-state index contributed by atoms with van der Waals surface area (Å²) >= 11 is 9.48. The number of nitrogens with one attached hydrogen (secondary N) is 1. The Hall–Kier alpha value is -1.31. The molecular formula is C19H17Cl3N4S2. The molecule has 0 unspecified atom stereocenters. The van der Waals surface area contributed by atoms with E-state index in [1.165, 1.54) is 11.3 Å². The standard InChI is InChI=1S/C19H15ClN4S2.2ClH/c20-14-5-6-17-13(7-14)8-21-18(22-17)25-10-15-11-26-19-23-16-4-2-1-3-12(16)9-24(15)19;;/h1-7,11H,8-10H2,(H,21,22);2*1H. The van der Waals surface area contributed by atoms with Crippen LogP contribution in [0, 0.1) is 0 Å². The fraction of sp³-hybridized carbons (Fsp3) is 0.158. The predicted octanol–water partition coefficient (Wildman–Crippen LogP) is 6.29. The molecular weight excluding hydrogens is 455 g/mol. The van der Waals surface area contributed by atoms with E-state index >= 15 is 0 Å². The normalized spacial score (nSPS) is 16.2. The summed E-state index contributed by atoms with van der Waals surface area (Å²) in [5, 5.41) is 8.38. The van der Waals surface area contributed by atoms with Gasteiger partial charge in [-0.15, -0.1) is 24.8 Å². The molecule has 0 spiro atoms. The molecule has 2 aromatic carbocycles. The molecule has 4 nitrogen and oxygen atoms in total. The van der Waals surface area contributed by atoms with Crippen molar-refractivity contribution in [1.82, 2.24) is 4.90 Å². The number of anilines is 1. The van der Waals surface area contributed by atoms with Crippen LogP contribution in [-0.2, 0) is 13.1 Å². The molecule has 5 rings (SSSR count). The summed E-state index contributed by atoms with van der Waals surface area (Å²) in [4.78, 5) is 11.7. The van der Waals surface area contributed by atoms with Gasteiger partial charge >= 0.3 is 0 Å². The summed E-state index contributed by atoms with van der Waals surface area (Å²) in [7, 11) is 0. The second-order valence-corrected chi connectivity index (χ2v) is 8.41. The Morgan fingerprint density at radius 1 is 1.14 bits per heavy atom. The number of halogens is 3. The summed E-state index contributed by atoms with van der Waals surface area (Å²) in [5.74, 6) is 0.864. The second-order valence-electron chi connectivity index (χ2n) is 6.17. The third-order valence-electron chi connectivity index (χ3n) is 4.47. The highest BCUT2D eigenvalue weighted by molar-refractivity contribution is 8.17. The van der Waals surface area contributed by atoms with E-state index in [0.717, 1.165) is 44.6 Å². The van der Waals surface area contributed by atoms with Gasteiger partial charge in [0, 0.05) is 22.2 Å². The maximum absolute atomic E-state index is 6.05. The lowest BCUT2D eigenvalue weighted by Gasteiger charge is -2.27. The zero-order valence-corrected chi connectivity index (χ0v) is 18.6. The van der Waals surface area contributed by atoms with Gasteiger partial charge in [-0.1, -0.05) is 53.3 Å². The largest absolute Gasteiger partial charge is 0.335 e. The lowest BCUT2D eigenvalue weighted by atomic mass is 10.1. The molecule has 0 saturated carbocycles. The number of fused-ring (bicyclic) bond motifs is 3. The van der Waals surface area contributed by atoms with Gasteiger partial charge in [-0.25, -0.2) is 4.99 Å². The van der Waals surface area contributed by atoms with E-state index in [0.29, 0.717) is 6.54 Å². The highest BCUT2D eigenvalue weighted by atomic mass is 35.5. The van der Waals surface area contributed by atoms with Crippen LogP contribution >= 0.6 is 59.9 Å². The minimum Gasteiger partial charge on any atom is -0.335 e. The number of aliphatic imine (C=N–C) groups is 2. The van der Waals surface area contributed by atoms with E-state index in [-0.39, 0.29) is 24.8 Å². The van der Waals surface area contributed by atoms with Gasteiger partial charge in [0.25, 0.3) is 0 Å². The van der Waals surface area contributed by atoms with Crippen LogP contribution in [0.4, 0.5) is 11.4 Å². The van der Waals surface area contributed by atoms with Gasteiger partial charge in [0.15, 0.2) is 10.3 Å². The number of hydrogen-bond acceptors (Lipinski definition) is 6. The average Bonchev–Trinajstić information content (AvgIpc) is 3.06. The van der Waals surface area contributed by atoms with Crippen molar-refractivity contribution < 1.29 is 0 Å². The maximum Gasteiger partial charge on any atom is 0.173 e. The van der Waals surface area contributed by atoms with Crippen molar-refractivity contribution >= 4 is 81.6 Å². The first-order chi connectivity index (χ1) is 12.8. The first-order valence-corrected chi connectivity index (χ1v) is 10.5. The van der Waals surface area contributed by atoms with Crippen LogP contribution in [0.1, 0.15) is 11.1 Å². The van der Waals surface area contributed by atoms with Gasteiger partial charge < -0.3 is 10.2 Å². The van der Waals surface area contributed by atoms with E-state index in [1.807, 2.05) is 24.3 Å². The summed E-state index contributed by atoms with van der Waals surface area (Å²) in [6.07, 6.45) is 0. The molecule has 2 aromatic rings. The van der Waals surface area contributed by atoms with E-state index < -0.39 is 0 Å². The van der Waals surface area contributed by atoms with Crippen molar-refractivity contribution in [2.24, 2.45) is 9.98 Å². The number of rotatable bonds is 2. The van der Waals surface area contributed by atoms with Crippen molar-refractivity contribution in [3.63, 3.8) is 0 Å². The molecule has 3 aliphatic rings. The van der Waals surface area contributed by atoms with Crippen LogP contribution in [0.15, 0.2) is 63.6 Å². The van der Waals surface area contributed by atoms with Gasteiger partial charge in [-0.2, -0.15) is 0 Å². The topological polar surface area (TPSA) is 40.0 Å². The SMILES string of the molecule is Cl.Cl.Clc1ccc2c(c1)CN=C(SCC1=CSC3=Nc4ccccc4CN13)N2. The molecule has 0 radical (unpaired) electrons. The molecule has 3 heterocycles. The number of hydrogen-bond donors (Lipinski definition) is 1. The predicted molar refractivity (Wildman–Crippen MR) is 128 cm³/mol. The molecule has 0 aliphatic carbocycles. The third-order valence-corrected chi connectivity index (χ3v) is 6.57. The molecule has 0 fully saturated rings. The van der Waals surface area contributed by atoms with E-state index in [9.17, 15) is 0 Å². The van der Waals surface area contributed by atoms with Gasteiger partial charge in [-0.3, -0.25) is 4.99 Å². The van der Waals surface area contributed by atoms with Crippen LogP contribution in [0.5, 0.6) is 0 Å². The van der Waals surface area contributed by atoms with Crippen LogP contribution in [0.2, 0.25) is 5.02 Å². The monoisotopic (exact) mass is 470 g/mol. The lowest BCUT2D eigenvalue weighted by Crippen LogP contribution is -2.27. The summed E-state index contributed by atoms with van der Waals surface area (Å²) in [5.41, 5.74) is 5.87. The summed E-state index contributed by atoms with van der Waals surface area (Å²) in [6.45, 7) is 1.55. The summed E-state index contributed by atoms with van der Waals surface area (Å²) in [6, 6.07) is 14.2. The minimum atomic E-state index is 0. The quantitative estimate of drug-likeness (QED) is 0.559. The van der Waals surface area contributed by atoms with Gasteiger partial charge in [-0.05, 0) is 40.8 Å². The Morgan fingerprint density at radius 3 is 2.89 bits per heavy atom. The number of nitrogens with zero attached hydrogens (tertiary/aromatic N) is 3. The van der Waals surface area contributed by atoms with E-state index in [1.54, 1.807) is 23.5 Å². The van der Waals surface area contributed by atoms with Crippen LogP contribution in [0.3, 0.4) is 0 Å². The number of para-hydroxylation sites is 1. The van der Waals surface area contributed by atoms with Crippen molar-refractivity contribution in [3.05, 3.63) is 69.7 Å². The van der Waals surface area contributed by atoms with Gasteiger partial charge in [0.2, 0.25) is 0 Å².